The molecule has 2 aliphatic heterocycles. The summed E-state index contributed by atoms with van der Waals surface area (Å²) in [5.74, 6) is 1.16. The molecule has 0 bridgehead atoms. The van der Waals surface area contributed by atoms with Crippen molar-refractivity contribution in [3.8, 4) is 5.75 Å². The van der Waals surface area contributed by atoms with Crippen LogP contribution in [0.1, 0.15) is 53.8 Å². The number of fused-ring (bicyclic) bond motifs is 1. The molecule has 2 aliphatic rings. The highest BCUT2D eigenvalue weighted by Crippen LogP contribution is 2.29. The van der Waals surface area contributed by atoms with E-state index in [1.807, 2.05) is 57.8 Å². The number of nitrogens with zero attached hydrogens (tertiary/aromatic N) is 4. The monoisotopic (exact) mass is 422 g/mol. The first kappa shape index (κ1) is 21.2. The van der Waals surface area contributed by atoms with Crippen LogP contribution in [0.3, 0.4) is 0 Å². The van der Waals surface area contributed by atoms with E-state index in [1.165, 1.54) is 0 Å². The van der Waals surface area contributed by atoms with Gasteiger partial charge in [0.1, 0.15) is 11.4 Å². The lowest BCUT2D eigenvalue weighted by atomic mass is 9.93. The van der Waals surface area contributed by atoms with Gasteiger partial charge in [-0.3, -0.25) is 14.3 Å². The zero-order chi connectivity index (χ0) is 21.8. The van der Waals surface area contributed by atoms with Crippen molar-refractivity contribution in [2.75, 3.05) is 33.3 Å². The number of carbonyl (C=O) groups is 2. The van der Waals surface area contributed by atoms with E-state index < -0.39 is 0 Å². The highest BCUT2D eigenvalue weighted by atomic mass is 16.5. The highest BCUT2D eigenvalue weighted by molar-refractivity contribution is 5.93. The summed E-state index contributed by atoms with van der Waals surface area (Å²) in [7, 11) is 1.63. The molecule has 31 heavy (non-hydrogen) atoms. The number of hydrogen-bond acceptors (Lipinski definition) is 4. The molecule has 0 unspecified atom stereocenters. The Labute approximate surface area is 183 Å². The number of hydrogen-bond donors (Lipinski definition) is 0. The molecule has 3 heterocycles. The van der Waals surface area contributed by atoms with Crippen LogP contribution in [0.4, 0.5) is 0 Å². The Hall–Kier alpha value is -3.09. The summed E-state index contributed by atoms with van der Waals surface area (Å²) in [6.07, 6.45) is 6.11. The van der Waals surface area contributed by atoms with Crippen LogP contribution in [0.25, 0.3) is 6.08 Å². The molecule has 0 spiro atoms. The van der Waals surface area contributed by atoms with Gasteiger partial charge in [-0.2, -0.15) is 5.10 Å². The molecule has 7 nitrogen and oxygen atoms in total. The molecule has 2 amide bonds. The largest absolute Gasteiger partial charge is 0.497 e. The number of aromatic nitrogens is 2. The van der Waals surface area contributed by atoms with Gasteiger partial charge < -0.3 is 14.5 Å². The van der Waals surface area contributed by atoms with Crippen molar-refractivity contribution in [1.29, 1.82) is 0 Å². The summed E-state index contributed by atoms with van der Waals surface area (Å²) in [6, 6.07) is 9.61. The number of benzene rings is 1. The van der Waals surface area contributed by atoms with Gasteiger partial charge in [-0.1, -0.05) is 12.1 Å². The van der Waals surface area contributed by atoms with Crippen LogP contribution in [0.15, 0.2) is 36.4 Å². The topological polar surface area (TPSA) is 67.7 Å². The van der Waals surface area contributed by atoms with E-state index in [-0.39, 0.29) is 17.7 Å². The van der Waals surface area contributed by atoms with Gasteiger partial charge in [0, 0.05) is 44.7 Å². The van der Waals surface area contributed by atoms with E-state index in [2.05, 4.69) is 0 Å². The second kappa shape index (κ2) is 9.37. The molecule has 164 valence electrons. The molecule has 0 saturated carbocycles. The average molecular weight is 423 g/mol. The number of aryl methyl sites for hydroxylation is 1. The van der Waals surface area contributed by atoms with Gasteiger partial charge in [-0.05, 0) is 56.0 Å². The van der Waals surface area contributed by atoms with Crippen LogP contribution >= 0.6 is 0 Å². The van der Waals surface area contributed by atoms with E-state index >= 15 is 0 Å². The number of amides is 2. The summed E-state index contributed by atoms with van der Waals surface area (Å²) in [5.41, 5.74) is 2.63. The summed E-state index contributed by atoms with van der Waals surface area (Å²) < 4.78 is 7.10. The van der Waals surface area contributed by atoms with Crippen molar-refractivity contribution < 1.29 is 14.3 Å². The molecule has 0 aliphatic carbocycles. The SMILES string of the molecule is CCN1CCCn2nc(C3CCN(C(=O)/C=C/c4cccc(OC)c4)CC3)cc2C1=O. The second-order valence-electron chi connectivity index (χ2n) is 8.13. The Morgan fingerprint density at radius 1 is 1.19 bits per heavy atom. The third kappa shape index (κ3) is 4.65. The quantitative estimate of drug-likeness (QED) is 0.694. The first-order valence-electron chi connectivity index (χ1n) is 11.1. The maximum absolute atomic E-state index is 12.7. The smallest absolute Gasteiger partial charge is 0.272 e. The van der Waals surface area contributed by atoms with Crippen LogP contribution in [-0.4, -0.2) is 64.7 Å². The molecule has 1 saturated heterocycles. The third-order valence-corrected chi connectivity index (χ3v) is 6.22. The summed E-state index contributed by atoms with van der Waals surface area (Å²) in [5, 5.41) is 4.76. The molecule has 0 atom stereocenters. The van der Waals surface area contributed by atoms with Gasteiger partial charge in [0.15, 0.2) is 0 Å². The van der Waals surface area contributed by atoms with Crippen molar-refractivity contribution in [2.24, 2.45) is 0 Å². The van der Waals surface area contributed by atoms with E-state index in [0.717, 1.165) is 55.9 Å². The number of likely N-dealkylation sites (tertiary alicyclic amines) is 1. The van der Waals surface area contributed by atoms with E-state index in [0.29, 0.717) is 18.8 Å². The third-order valence-electron chi connectivity index (χ3n) is 6.22. The predicted molar refractivity (Wildman–Crippen MR) is 119 cm³/mol. The highest BCUT2D eigenvalue weighted by Gasteiger charge is 2.28. The predicted octanol–water partition coefficient (Wildman–Crippen LogP) is 3.18. The lowest BCUT2D eigenvalue weighted by Crippen LogP contribution is -2.37. The molecule has 1 aromatic carbocycles. The van der Waals surface area contributed by atoms with Gasteiger partial charge in [-0.15, -0.1) is 0 Å². The lowest BCUT2D eigenvalue weighted by molar-refractivity contribution is -0.127. The van der Waals surface area contributed by atoms with Gasteiger partial charge >= 0.3 is 0 Å². The van der Waals surface area contributed by atoms with Crippen molar-refractivity contribution >= 4 is 17.9 Å². The number of carbonyl (C=O) groups excluding carboxylic acids is 2. The molecule has 0 radical (unpaired) electrons. The van der Waals surface area contributed by atoms with Gasteiger partial charge in [0.25, 0.3) is 5.91 Å². The van der Waals surface area contributed by atoms with Crippen molar-refractivity contribution in [1.82, 2.24) is 19.6 Å². The zero-order valence-electron chi connectivity index (χ0n) is 18.3. The molecular formula is C24H30N4O3. The van der Waals surface area contributed by atoms with Crippen LogP contribution in [0.2, 0.25) is 0 Å². The van der Waals surface area contributed by atoms with Gasteiger partial charge in [0.2, 0.25) is 5.91 Å². The molecule has 1 fully saturated rings. The second-order valence-corrected chi connectivity index (χ2v) is 8.13. The summed E-state index contributed by atoms with van der Waals surface area (Å²) in [4.78, 5) is 29.1. The Morgan fingerprint density at radius 2 is 2.00 bits per heavy atom. The normalized spacial score (nSPS) is 17.7. The maximum atomic E-state index is 12.7. The maximum Gasteiger partial charge on any atom is 0.272 e. The minimum absolute atomic E-state index is 0.0238. The Bertz CT molecular complexity index is 973. The average Bonchev–Trinajstić information content (AvgIpc) is 3.18. The Morgan fingerprint density at radius 3 is 2.74 bits per heavy atom. The van der Waals surface area contributed by atoms with Crippen molar-refractivity contribution in [3.63, 3.8) is 0 Å². The minimum Gasteiger partial charge on any atom is -0.497 e. The minimum atomic E-state index is 0.0238. The van der Waals surface area contributed by atoms with E-state index in [9.17, 15) is 9.59 Å². The summed E-state index contributed by atoms with van der Waals surface area (Å²) in [6.45, 7) is 5.71. The Kier molecular flexibility index (Phi) is 6.39. The van der Waals surface area contributed by atoms with Crippen LogP contribution < -0.4 is 4.74 Å². The van der Waals surface area contributed by atoms with Gasteiger partial charge in [0.05, 0.1) is 12.8 Å². The first-order valence-corrected chi connectivity index (χ1v) is 11.1. The zero-order valence-corrected chi connectivity index (χ0v) is 18.3. The fourth-order valence-corrected chi connectivity index (χ4v) is 4.37. The number of methoxy groups -OCH3 is 1. The lowest BCUT2D eigenvalue weighted by Gasteiger charge is -2.30. The molecule has 1 aromatic heterocycles. The summed E-state index contributed by atoms with van der Waals surface area (Å²) >= 11 is 0. The standard InChI is InChI=1S/C24H30N4O3/c1-3-26-12-5-13-28-22(24(26)30)17-21(25-28)19-10-14-27(15-11-19)23(29)9-8-18-6-4-7-20(16-18)31-2/h4,6-9,16-17,19H,3,5,10-15H2,1-2H3/b9-8+. The number of piperidine rings is 1. The molecule has 2 aromatic rings. The number of rotatable bonds is 5. The molecule has 4 rings (SSSR count). The van der Waals surface area contributed by atoms with Crippen molar-refractivity contribution in [2.45, 2.75) is 38.6 Å². The van der Waals surface area contributed by atoms with Crippen molar-refractivity contribution in [3.05, 3.63) is 53.4 Å². The fraction of sp³-hybridized carbons (Fsp3) is 0.458. The van der Waals surface area contributed by atoms with Gasteiger partial charge in [-0.25, -0.2) is 0 Å². The molecule has 7 heteroatoms. The molecular weight excluding hydrogens is 392 g/mol. The van der Waals surface area contributed by atoms with Crippen LogP contribution in [0.5, 0.6) is 5.75 Å². The Balaban J connectivity index is 1.37. The van der Waals surface area contributed by atoms with E-state index in [4.69, 9.17) is 9.84 Å². The first-order chi connectivity index (χ1) is 15.1. The fourth-order valence-electron chi connectivity index (χ4n) is 4.37. The van der Waals surface area contributed by atoms with Crippen LogP contribution in [-0.2, 0) is 11.3 Å². The van der Waals surface area contributed by atoms with Crippen LogP contribution in [0, 0.1) is 0 Å². The molecule has 0 N–H and O–H groups in total. The van der Waals surface area contributed by atoms with E-state index in [1.54, 1.807) is 13.2 Å². The number of ether oxygens (including phenoxy) is 1.